The summed E-state index contributed by atoms with van der Waals surface area (Å²) in [4.78, 5) is 194. The minimum Gasteiger partial charge on any atom is -0.480 e. The standard InChI is InChI=1S/C72H108N14O20S3/c1-3-4-6-15-60(90)77-54-45-109-43-50-35-48(41-107-33-21-76-61(91)40-106-32-31-105-30-20-75-59(89)19-17-57(72(103)104)84-28-26-82(38-62(92)93)24-25-83(27-29-84)39-63(94)95)34-49(36-50)42-108-44-53(65(74)96)80-67(98)52(37-47-11-7-5-8-12-47)79-66(97)51(16-18-58(73)88)78-69(100)64(46(2)87)81-68(99)55-13-9-22-85(55)71(102)56-14-10-23-86(56)70(54)101/h5,7-8,11-12,34-36,46,51-57,64,87H,3-4,6,9-10,13-33,37-45H2,1-2H3,(H2,73,88)(H2,74,96)(H,75,89)(H,76,91)(H,77,90)(H,78,100)(H,79,97)(H,80,98)(H,81,99)(H,92,93)(H,94,95)(H,103,104)/t46-,51+,52+,53+,54+,55+,56+,57?,64+/m1/s1. The van der Waals surface area contributed by atoms with Gasteiger partial charge in [0.05, 0.1) is 39.0 Å². The molecule has 0 spiro atoms. The Balaban J connectivity index is 1.10. The molecule has 0 aromatic heterocycles. The van der Waals surface area contributed by atoms with Crippen molar-refractivity contribution in [2.24, 2.45) is 11.5 Å². The molecule has 0 aliphatic carbocycles. The van der Waals surface area contributed by atoms with Crippen LogP contribution in [0.2, 0.25) is 0 Å². The van der Waals surface area contributed by atoms with Crippen LogP contribution in [0.25, 0.3) is 0 Å². The molecule has 0 radical (unpaired) electrons. The van der Waals surface area contributed by atoms with Crippen molar-refractivity contribution in [3.05, 3.63) is 70.8 Å². The molecule has 34 nitrogen and oxygen atoms in total. The lowest BCUT2D eigenvalue weighted by Gasteiger charge is -2.33. The second-order valence-corrected chi connectivity index (χ2v) is 30.5. The average Bonchev–Trinajstić information content (AvgIpc) is 1.67. The number of aliphatic hydroxyl groups is 1. The molecule has 0 saturated carbocycles. The molecule has 3 fully saturated rings. The Morgan fingerprint density at radius 2 is 1.24 bits per heavy atom. The summed E-state index contributed by atoms with van der Waals surface area (Å²) in [6.07, 6.45) is 1.05. The second-order valence-electron chi connectivity index (χ2n) is 27.3. The number of amides is 11. The van der Waals surface area contributed by atoms with Crippen molar-refractivity contribution in [3.8, 4) is 0 Å². The van der Waals surface area contributed by atoms with E-state index in [0.717, 1.165) is 29.5 Å². The SMILES string of the molecule is CCCCCC(=O)N[C@H]1CSCc2cc(CSCCNC(=O)COCCOCCNC(=O)CCC(C(=O)O)N3CCN(CC(=O)O)CCN(CC(=O)O)CC3)cc(c2)CSC[C@@H](C(N)=O)NC(=O)[C@H](Cc2ccccc2)NC(=O)[C@H](CCC(N)=O)NC(=O)[C@H]([C@@H](C)O)NC(=O)[C@@H]2CCCN2C(=O)[C@@H]2CCCN2C1=O. The predicted molar refractivity (Wildman–Crippen MR) is 406 cm³/mol. The number of aliphatic carboxylic acids is 3. The number of ether oxygens (including phenoxy) is 2. The fourth-order valence-electron chi connectivity index (χ4n) is 13.0. The number of fused-ring (bicyclic) bond motifs is 4. The molecule has 9 atom stereocenters. The van der Waals surface area contributed by atoms with E-state index < -0.39 is 132 Å². The van der Waals surface area contributed by atoms with Crippen molar-refractivity contribution < 1.29 is 97.0 Å². The summed E-state index contributed by atoms with van der Waals surface area (Å²) in [5.41, 5.74) is 14.6. The monoisotopic (exact) mass is 1580 g/mol. The van der Waals surface area contributed by atoms with Gasteiger partial charge in [0, 0.05) is 126 Å². The van der Waals surface area contributed by atoms with E-state index in [-0.39, 0.29) is 173 Å². The molecule has 1 unspecified atom stereocenters. The van der Waals surface area contributed by atoms with Crippen molar-refractivity contribution in [1.82, 2.24) is 61.7 Å². The minimum atomic E-state index is -1.70. The maximum atomic E-state index is 14.9. The van der Waals surface area contributed by atoms with Crippen LogP contribution in [0.5, 0.6) is 0 Å². The third-order valence-electron chi connectivity index (χ3n) is 18.7. The van der Waals surface area contributed by atoms with Gasteiger partial charge in [0.2, 0.25) is 65.0 Å². The molecule has 2 bridgehead atoms. The lowest BCUT2D eigenvalue weighted by molar-refractivity contribution is -0.148. The van der Waals surface area contributed by atoms with Gasteiger partial charge in [-0.2, -0.15) is 35.3 Å². The number of nitrogens with zero attached hydrogens (tertiary/aromatic N) is 5. The number of nitrogens with two attached hydrogens (primary N) is 2. The molecule has 109 heavy (non-hydrogen) atoms. The van der Waals surface area contributed by atoms with E-state index in [4.69, 9.17) is 20.9 Å². The number of nitrogens with one attached hydrogen (secondary N) is 7. The highest BCUT2D eigenvalue weighted by molar-refractivity contribution is 7.99. The molecular weight excluding hydrogens is 1480 g/mol. The zero-order chi connectivity index (χ0) is 79.4. The molecule has 2 aromatic carbocycles. The zero-order valence-corrected chi connectivity index (χ0v) is 64.4. The average molecular weight is 1590 g/mol. The number of primary amides is 2. The quantitative estimate of drug-likeness (QED) is 0.0349. The highest BCUT2D eigenvalue weighted by Crippen LogP contribution is 2.29. The van der Waals surface area contributed by atoms with Crippen LogP contribution in [0.15, 0.2) is 48.5 Å². The van der Waals surface area contributed by atoms with Gasteiger partial charge in [0.1, 0.15) is 54.9 Å². The normalized spacial score (nSPS) is 22.2. The molecule has 15 N–H and O–H groups in total. The van der Waals surface area contributed by atoms with Gasteiger partial charge in [-0.15, -0.1) is 0 Å². The lowest BCUT2D eigenvalue weighted by atomic mass is 10.0. The molecule has 4 aliphatic rings. The Kier molecular flexibility index (Phi) is 39.3. The van der Waals surface area contributed by atoms with E-state index in [0.29, 0.717) is 47.8 Å². The molecule has 3 saturated heterocycles. The smallest absolute Gasteiger partial charge is 0.320 e. The van der Waals surface area contributed by atoms with Crippen molar-refractivity contribution in [2.75, 3.05) is 122 Å². The van der Waals surface area contributed by atoms with Crippen molar-refractivity contribution in [2.45, 2.75) is 169 Å². The van der Waals surface area contributed by atoms with E-state index in [1.807, 2.05) is 25.1 Å². The molecule has 4 heterocycles. The van der Waals surface area contributed by atoms with E-state index in [9.17, 15) is 87.5 Å². The zero-order valence-electron chi connectivity index (χ0n) is 62.0. The van der Waals surface area contributed by atoms with Crippen LogP contribution < -0.4 is 48.7 Å². The minimum absolute atomic E-state index is 0.0278. The third kappa shape index (κ3) is 32.0. The number of unbranched alkanes of at least 4 members (excludes halogenated alkanes) is 2. The Morgan fingerprint density at radius 1 is 0.633 bits per heavy atom. The molecule has 37 heteroatoms. The van der Waals surface area contributed by atoms with Crippen LogP contribution in [0.1, 0.15) is 113 Å². The second kappa shape index (κ2) is 47.8. The number of carboxylic acids is 3. The Hall–Kier alpha value is -8.17. The van der Waals surface area contributed by atoms with Crippen molar-refractivity contribution in [1.29, 1.82) is 0 Å². The van der Waals surface area contributed by atoms with Crippen molar-refractivity contribution >= 4 is 118 Å². The van der Waals surface area contributed by atoms with E-state index >= 15 is 0 Å². The molecule has 604 valence electrons. The molecule has 11 amide bonds. The number of carboxylic acid groups (broad SMARTS) is 3. The summed E-state index contributed by atoms with van der Waals surface area (Å²) >= 11 is 4.22. The van der Waals surface area contributed by atoms with Crippen LogP contribution >= 0.6 is 35.3 Å². The number of aliphatic hydroxyl groups excluding tert-OH is 1. The fraction of sp³-hybridized carbons (Fsp3) is 0.639. The van der Waals surface area contributed by atoms with E-state index in [1.54, 1.807) is 45.0 Å². The Labute approximate surface area is 647 Å². The Bertz CT molecular complexity index is 3380. The first-order valence-corrected chi connectivity index (χ1v) is 40.5. The van der Waals surface area contributed by atoms with E-state index in [2.05, 4.69) is 37.2 Å². The highest BCUT2D eigenvalue weighted by Gasteiger charge is 2.45. The number of thioether (sulfide) groups is 3. The van der Waals surface area contributed by atoms with Gasteiger partial charge < -0.3 is 88.4 Å². The van der Waals surface area contributed by atoms with Gasteiger partial charge in [-0.3, -0.25) is 81.8 Å². The summed E-state index contributed by atoms with van der Waals surface area (Å²) in [5.74, 6) is -8.96. The first-order chi connectivity index (χ1) is 52.2. The maximum absolute atomic E-state index is 14.9. The number of benzene rings is 2. The molecule has 4 aliphatic heterocycles. The fourth-order valence-corrected chi connectivity index (χ4v) is 15.8. The Morgan fingerprint density at radius 3 is 1.86 bits per heavy atom. The maximum Gasteiger partial charge on any atom is 0.320 e. The van der Waals surface area contributed by atoms with Crippen LogP contribution in [0, 0.1) is 0 Å². The van der Waals surface area contributed by atoms with Gasteiger partial charge in [0.15, 0.2) is 0 Å². The highest BCUT2D eigenvalue weighted by atomic mass is 32.2. The molecule has 2 aromatic rings. The van der Waals surface area contributed by atoms with Gasteiger partial charge in [-0.25, -0.2) is 0 Å². The van der Waals surface area contributed by atoms with Gasteiger partial charge in [-0.1, -0.05) is 68.3 Å². The first-order valence-electron chi connectivity index (χ1n) is 37.0. The summed E-state index contributed by atoms with van der Waals surface area (Å²) in [7, 11) is 0. The number of carbonyl (C=O) groups excluding carboxylic acids is 11. The summed E-state index contributed by atoms with van der Waals surface area (Å²) in [6, 6.07) is 4.38. The number of rotatable bonds is 34. The third-order valence-corrected chi connectivity index (χ3v) is 22.0. The molecular formula is C72H108N14O20S3. The lowest BCUT2D eigenvalue weighted by Crippen LogP contribution is -2.61. The summed E-state index contributed by atoms with van der Waals surface area (Å²) in [5, 5.41) is 58.8. The molecule has 6 rings (SSSR count). The number of hydrogen-bond donors (Lipinski definition) is 13. The number of carbonyl (C=O) groups is 14. The van der Waals surface area contributed by atoms with Gasteiger partial charge in [-0.05, 0) is 74.1 Å². The summed E-state index contributed by atoms with van der Waals surface area (Å²) in [6.45, 7) is 4.81. The van der Waals surface area contributed by atoms with Crippen molar-refractivity contribution in [3.63, 3.8) is 0 Å². The van der Waals surface area contributed by atoms with Crippen LogP contribution in [-0.4, -0.2) is 304 Å². The van der Waals surface area contributed by atoms with Gasteiger partial charge >= 0.3 is 17.9 Å². The summed E-state index contributed by atoms with van der Waals surface area (Å²) < 4.78 is 11.1. The predicted octanol–water partition coefficient (Wildman–Crippen LogP) is -1.65. The van der Waals surface area contributed by atoms with Gasteiger partial charge in [0.25, 0.3) is 0 Å². The van der Waals surface area contributed by atoms with Crippen LogP contribution in [0.4, 0.5) is 0 Å². The largest absolute Gasteiger partial charge is 0.480 e. The van der Waals surface area contributed by atoms with Crippen LogP contribution in [0.3, 0.4) is 0 Å². The first kappa shape index (κ1) is 89.7. The topological polar surface area (TPSA) is 491 Å². The van der Waals surface area contributed by atoms with Crippen LogP contribution in [-0.2, 0) is 100 Å². The number of hydrogen-bond acceptors (Lipinski definition) is 23. The van der Waals surface area contributed by atoms with E-state index in [1.165, 1.54) is 52.0 Å².